The van der Waals surface area contributed by atoms with Crippen molar-refractivity contribution in [2.75, 3.05) is 19.6 Å². The molecule has 2 aromatic heterocycles. The summed E-state index contributed by atoms with van der Waals surface area (Å²) >= 11 is 0. The number of rotatable bonds is 7. The molecule has 2 fully saturated rings. The number of nitrogens with one attached hydrogen (secondary N) is 3. The highest BCUT2D eigenvalue weighted by atomic mass is 16.3. The first-order valence-electron chi connectivity index (χ1n) is 10.5. The predicted molar refractivity (Wildman–Crippen MR) is 108 cm³/mol. The average molecular weight is 386 g/mol. The SMILES string of the molecule is CCCN1CCC(N[C@@H]2CC[C@@H]2NC(=O)c2cc(-c3ccc(C)o3)[nH]n2)CC1. The average Bonchev–Trinajstić information content (AvgIpc) is 3.34. The third-order valence-electron chi connectivity index (χ3n) is 5.98. The van der Waals surface area contributed by atoms with Crippen LogP contribution in [0.15, 0.2) is 22.6 Å². The number of aromatic nitrogens is 2. The Hall–Kier alpha value is -2.12. The van der Waals surface area contributed by atoms with Crippen LogP contribution in [0, 0.1) is 6.92 Å². The number of aromatic amines is 1. The van der Waals surface area contributed by atoms with E-state index < -0.39 is 0 Å². The van der Waals surface area contributed by atoms with E-state index in [-0.39, 0.29) is 11.9 Å². The van der Waals surface area contributed by atoms with Gasteiger partial charge in [0.15, 0.2) is 11.5 Å². The third kappa shape index (κ3) is 4.31. The normalized spacial score (nSPS) is 23.5. The number of hydrogen-bond acceptors (Lipinski definition) is 5. The number of likely N-dealkylation sites (tertiary alicyclic amines) is 1. The molecule has 1 saturated heterocycles. The number of nitrogens with zero attached hydrogens (tertiary/aromatic N) is 2. The Kier molecular flexibility index (Phi) is 5.82. The van der Waals surface area contributed by atoms with Gasteiger partial charge in [-0.2, -0.15) is 5.10 Å². The van der Waals surface area contributed by atoms with Crippen molar-refractivity contribution in [3.05, 3.63) is 29.7 Å². The van der Waals surface area contributed by atoms with Crippen molar-refractivity contribution in [1.82, 2.24) is 25.7 Å². The largest absolute Gasteiger partial charge is 0.460 e. The van der Waals surface area contributed by atoms with Crippen molar-refractivity contribution >= 4 is 5.91 Å². The number of furan rings is 1. The van der Waals surface area contributed by atoms with Crippen molar-refractivity contribution in [3.8, 4) is 11.5 Å². The van der Waals surface area contributed by atoms with Crippen molar-refractivity contribution in [2.45, 2.75) is 64.1 Å². The lowest BCUT2D eigenvalue weighted by Gasteiger charge is -2.42. The summed E-state index contributed by atoms with van der Waals surface area (Å²) < 4.78 is 5.58. The molecular weight excluding hydrogens is 354 g/mol. The molecule has 0 radical (unpaired) electrons. The lowest BCUT2D eigenvalue weighted by molar-refractivity contribution is 0.0874. The number of H-pyrrole nitrogens is 1. The Morgan fingerprint density at radius 2 is 2.04 bits per heavy atom. The summed E-state index contributed by atoms with van der Waals surface area (Å²) in [6.45, 7) is 7.70. The van der Waals surface area contributed by atoms with Crippen LogP contribution in [0.25, 0.3) is 11.5 Å². The van der Waals surface area contributed by atoms with E-state index >= 15 is 0 Å². The van der Waals surface area contributed by atoms with E-state index in [2.05, 4.69) is 32.7 Å². The predicted octanol–water partition coefficient (Wildman–Crippen LogP) is 2.70. The molecular formula is C21H31N5O2. The fraction of sp³-hybridized carbons (Fsp3) is 0.619. The molecule has 0 unspecified atom stereocenters. The number of hydrogen-bond donors (Lipinski definition) is 3. The zero-order valence-electron chi connectivity index (χ0n) is 16.8. The molecule has 2 aromatic rings. The zero-order valence-corrected chi connectivity index (χ0v) is 16.8. The summed E-state index contributed by atoms with van der Waals surface area (Å²) in [7, 11) is 0. The Bertz CT molecular complexity index is 790. The maximum atomic E-state index is 12.6. The minimum Gasteiger partial charge on any atom is -0.460 e. The van der Waals surface area contributed by atoms with Gasteiger partial charge in [-0.3, -0.25) is 9.89 Å². The summed E-state index contributed by atoms with van der Waals surface area (Å²) in [5.74, 6) is 1.40. The van der Waals surface area contributed by atoms with Crippen molar-refractivity contribution < 1.29 is 9.21 Å². The highest BCUT2D eigenvalue weighted by Gasteiger charge is 2.34. The topological polar surface area (TPSA) is 86.2 Å². The van der Waals surface area contributed by atoms with E-state index in [4.69, 9.17) is 4.42 Å². The van der Waals surface area contributed by atoms with Crippen LogP contribution < -0.4 is 10.6 Å². The van der Waals surface area contributed by atoms with Crippen LogP contribution in [0.5, 0.6) is 0 Å². The standard InChI is InChI=1S/C21H31N5O2/c1-3-10-26-11-8-15(9-12-26)22-16-5-6-17(16)23-21(27)19-13-18(24-25-19)20-7-4-14(2)28-20/h4,7,13,15-17,22H,3,5-6,8-12H2,1-2H3,(H,23,27)(H,24,25)/t16-,17+/m1/s1. The summed E-state index contributed by atoms with van der Waals surface area (Å²) in [5, 5.41) is 14.0. The molecule has 4 rings (SSSR count). The molecule has 3 N–H and O–H groups in total. The number of carbonyl (C=O) groups excluding carboxylic acids is 1. The number of piperidine rings is 1. The van der Waals surface area contributed by atoms with Crippen LogP contribution in [0.1, 0.15) is 55.3 Å². The summed E-state index contributed by atoms with van der Waals surface area (Å²) in [5.41, 5.74) is 1.13. The van der Waals surface area contributed by atoms with Gasteiger partial charge in [-0.05, 0) is 70.8 Å². The van der Waals surface area contributed by atoms with Crippen LogP contribution in [0.4, 0.5) is 0 Å². The molecule has 28 heavy (non-hydrogen) atoms. The van der Waals surface area contributed by atoms with Crippen molar-refractivity contribution in [1.29, 1.82) is 0 Å². The molecule has 152 valence electrons. The first-order chi connectivity index (χ1) is 13.6. The van der Waals surface area contributed by atoms with Gasteiger partial charge in [0.2, 0.25) is 0 Å². The molecule has 0 bridgehead atoms. The molecule has 7 heteroatoms. The minimum atomic E-state index is -0.125. The minimum absolute atomic E-state index is 0.125. The fourth-order valence-electron chi connectivity index (χ4n) is 4.20. The second-order valence-electron chi connectivity index (χ2n) is 8.12. The summed E-state index contributed by atoms with van der Waals surface area (Å²) in [4.78, 5) is 15.1. The van der Waals surface area contributed by atoms with Gasteiger partial charge < -0.3 is 20.0 Å². The van der Waals surface area contributed by atoms with Gasteiger partial charge in [0.25, 0.3) is 5.91 Å². The lowest BCUT2D eigenvalue weighted by Crippen LogP contribution is -2.60. The van der Waals surface area contributed by atoms with Crippen LogP contribution in [-0.2, 0) is 0 Å². The highest BCUT2D eigenvalue weighted by Crippen LogP contribution is 2.24. The number of carbonyl (C=O) groups is 1. The zero-order chi connectivity index (χ0) is 19.5. The van der Waals surface area contributed by atoms with E-state index in [9.17, 15) is 4.79 Å². The second-order valence-corrected chi connectivity index (χ2v) is 8.12. The molecule has 2 aliphatic rings. The van der Waals surface area contributed by atoms with Crippen LogP contribution >= 0.6 is 0 Å². The van der Waals surface area contributed by atoms with Gasteiger partial charge in [0.05, 0.1) is 0 Å². The van der Waals surface area contributed by atoms with E-state index in [1.54, 1.807) is 6.07 Å². The molecule has 1 amide bonds. The maximum Gasteiger partial charge on any atom is 0.272 e. The molecule has 3 heterocycles. The number of amides is 1. The van der Waals surface area contributed by atoms with E-state index in [0.29, 0.717) is 23.5 Å². The van der Waals surface area contributed by atoms with Crippen LogP contribution in [-0.4, -0.2) is 58.8 Å². The maximum absolute atomic E-state index is 12.6. The van der Waals surface area contributed by atoms with E-state index in [1.165, 1.54) is 38.9 Å². The quantitative estimate of drug-likeness (QED) is 0.682. The number of aryl methyl sites for hydroxylation is 1. The van der Waals surface area contributed by atoms with Gasteiger partial charge in [-0.1, -0.05) is 6.92 Å². The third-order valence-corrected chi connectivity index (χ3v) is 5.98. The van der Waals surface area contributed by atoms with Crippen LogP contribution in [0.3, 0.4) is 0 Å². The molecule has 2 atom stereocenters. The van der Waals surface area contributed by atoms with Gasteiger partial charge in [-0.15, -0.1) is 0 Å². The molecule has 1 aliphatic carbocycles. The summed E-state index contributed by atoms with van der Waals surface area (Å²) in [6, 6.07) is 6.65. The van der Waals surface area contributed by atoms with Crippen LogP contribution in [0.2, 0.25) is 0 Å². The van der Waals surface area contributed by atoms with Gasteiger partial charge in [0.1, 0.15) is 11.5 Å². The van der Waals surface area contributed by atoms with E-state index in [1.807, 2.05) is 19.1 Å². The second kappa shape index (κ2) is 8.49. The molecule has 7 nitrogen and oxygen atoms in total. The highest BCUT2D eigenvalue weighted by molar-refractivity contribution is 5.93. The molecule has 1 saturated carbocycles. The first kappa shape index (κ1) is 19.2. The Balaban J connectivity index is 1.27. The van der Waals surface area contributed by atoms with Gasteiger partial charge in [0, 0.05) is 24.2 Å². The first-order valence-corrected chi connectivity index (χ1v) is 10.5. The van der Waals surface area contributed by atoms with Crippen molar-refractivity contribution in [2.24, 2.45) is 0 Å². The summed E-state index contributed by atoms with van der Waals surface area (Å²) in [6.07, 6.45) is 5.76. The Morgan fingerprint density at radius 3 is 2.68 bits per heavy atom. The smallest absolute Gasteiger partial charge is 0.272 e. The fourth-order valence-corrected chi connectivity index (χ4v) is 4.20. The molecule has 0 spiro atoms. The Morgan fingerprint density at radius 1 is 1.25 bits per heavy atom. The van der Waals surface area contributed by atoms with Crippen molar-refractivity contribution in [3.63, 3.8) is 0 Å². The lowest BCUT2D eigenvalue weighted by atomic mass is 9.85. The molecule has 1 aliphatic heterocycles. The van der Waals surface area contributed by atoms with Gasteiger partial charge >= 0.3 is 0 Å². The Labute approximate surface area is 166 Å². The van der Waals surface area contributed by atoms with E-state index in [0.717, 1.165) is 24.3 Å². The monoisotopic (exact) mass is 385 g/mol. The molecule has 0 aromatic carbocycles. The van der Waals surface area contributed by atoms with Gasteiger partial charge in [-0.25, -0.2) is 0 Å².